The molecule has 0 fully saturated rings. The fraction of sp³-hybridized carbons (Fsp3) is 0.636. The molecule has 0 saturated carbocycles. The number of Topliss-reactive ketones (excluding diaryl/α,β-unsaturated/α-hetero) is 1. The number of amides is 1. The molecule has 0 aliphatic rings. The summed E-state index contributed by atoms with van der Waals surface area (Å²) in [6.07, 6.45) is -0.457. The number of nitrogens with two attached hydrogens (primary N) is 1. The van der Waals surface area contributed by atoms with E-state index in [1.54, 1.807) is 0 Å². The summed E-state index contributed by atoms with van der Waals surface area (Å²) in [5.41, 5.74) is 5.20. The topological polar surface area (TPSA) is 188 Å². The Balaban J connectivity index is 4.37. The molecule has 0 aromatic carbocycles. The van der Waals surface area contributed by atoms with Crippen LogP contribution in [0, 0.1) is 10.1 Å². The Morgan fingerprint density at radius 2 is 1.91 bits per heavy atom. The van der Waals surface area contributed by atoms with E-state index < -0.39 is 54.0 Å². The molecule has 0 aromatic heterocycles. The van der Waals surface area contributed by atoms with E-state index in [9.17, 15) is 29.3 Å². The van der Waals surface area contributed by atoms with Crippen LogP contribution in [0.2, 0.25) is 0 Å². The Labute approximate surface area is 130 Å². The zero-order valence-corrected chi connectivity index (χ0v) is 12.2. The van der Waals surface area contributed by atoms with Crippen LogP contribution in [0.1, 0.15) is 19.8 Å². The Morgan fingerprint density at radius 3 is 2.39 bits per heavy atom. The summed E-state index contributed by atoms with van der Waals surface area (Å²) in [6.45, 7) is -0.137. The molecule has 0 rings (SSSR count). The highest BCUT2D eigenvalue weighted by atomic mass is 16.9. The first-order valence-corrected chi connectivity index (χ1v) is 6.36. The summed E-state index contributed by atoms with van der Waals surface area (Å²) in [7, 11) is 0. The molecule has 0 heterocycles. The van der Waals surface area contributed by atoms with Crippen molar-refractivity contribution in [3.63, 3.8) is 0 Å². The highest BCUT2D eigenvalue weighted by molar-refractivity contribution is 6.35. The third-order valence-electron chi connectivity index (χ3n) is 2.46. The van der Waals surface area contributed by atoms with Gasteiger partial charge in [-0.1, -0.05) is 0 Å². The molecule has 1 unspecified atom stereocenters. The second-order valence-corrected chi connectivity index (χ2v) is 4.41. The summed E-state index contributed by atoms with van der Waals surface area (Å²) in [5.74, 6) is -3.95. The number of esters is 1. The number of ketones is 1. The number of carboxylic acids is 1. The Kier molecular flexibility index (Phi) is 8.84. The highest BCUT2D eigenvalue weighted by Gasteiger charge is 2.20. The van der Waals surface area contributed by atoms with Crippen LogP contribution in [0.15, 0.2) is 0 Å². The van der Waals surface area contributed by atoms with E-state index in [4.69, 9.17) is 15.6 Å². The van der Waals surface area contributed by atoms with Crippen molar-refractivity contribution in [3.8, 4) is 0 Å². The molecule has 12 heteroatoms. The number of ether oxygens (including phenoxy) is 1. The lowest BCUT2D eigenvalue weighted by molar-refractivity contribution is -0.758. The Hall–Kier alpha value is -2.76. The zero-order chi connectivity index (χ0) is 18.0. The lowest BCUT2D eigenvalue weighted by Crippen LogP contribution is -2.44. The van der Waals surface area contributed by atoms with Crippen LogP contribution in [0.25, 0.3) is 0 Å². The first-order valence-electron chi connectivity index (χ1n) is 6.36. The standard InChI is InChI=1S/C11H17N3O9/c1-6(15)10(17)13-7(5-23-14(20)21)4-22-9(16)3-2-8(12)11(18)19/h7-8H,2-5,12H2,1H3,(H,13,17)(H,18,19)/t7?,8-/m0/s1. The molecule has 0 spiro atoms. The van der Waals surface area contributed by atoms with E-state index in [2.05, 4.69) is 10.2 Å². The number of carboxylic acid groups (broad SMARTS) is 1. The number of hydrogen-bond acceptors (Lipinski definition) is 9. The third-order valence-corrected chi connectivity index (χ3v) is 2.46. The minimum Gasteiger partial charge on any atom is -0.480 e. The van der Waals surface area contributed by atoms with Crippen LogP contribution in [0.5, 0.6) is 0 Å². The van der Waals surface area contributed by atoms with Gasteiger partial charge in [-0.3, -0.25) is 19.2 Å². The van der Waals surface area contributed by atoms with Crippen molar-refractivity contribution in [2.45, 2.75) is 31.8 Å². The molecule has 0 aliphatic carbocycles. The average Bonchev–Trinajstić information content (AvgIpc) is 2.46. The summed E-state index contributed by atoms with van der Waals surface area (Å²) < 4.78 is 4.73. The molecular weight excluding hydrogens is 318 g/mol. The molecule has 0 saturated heterocycles. The number of carbonyl (C=O) groups is 4. The molecule has 0 aromatic rings. The number of nitrogens with one attached hydrogen (secondary N) is 1. The van der Waals surface area contributed by atoms with Crippen molar-refractivity contribution < 1.29 is 38.9 Å². The van der Waals surface area contributed by atoms with Crippen LogP contribution in [0.4, 0.5) is 0 Å². The Bertz CT molecular complexity index is 479. The van der Waals surface area contributed by atoms with Crippen LogP contribution >= 0.6 is 0 Å². The fourth-order valence-electron chi connectivity index (χ4n) is 1.23. The van der Waals surface area contributed by atoms with Gasteiger partial charge in [-0.2, -0.15) is 0 Å². The van der Waals surface area contributed by atoms with Gasteiger partial charge in [-0.15, -0.1) is 10.1 Å². The van der Waals surface area contributed by atoms with Gasteiger partial charge in [0.1, 0.15) is 19.3 Å². The van der Waals surface area contributed by atoms with E-state index in [-0.39, 0.29) is 12.8 Å². The van der Waals surface area contributed by atoms with Gasteiger partial charge in [0.15, 0.2) is 0 Å². The molecule has 23 heavy (non-hydrogen) atoms. The highest BCUT2D eigenvalue weighted by Crippen LogP contribution is 1.99. The number of nitrogens with zero attached hydrogens (tertiary/aromatic N) is 1. The minimum absolute atomic E-state index is 0.163. The monoisotopic (exact) mass is 335 g/mol. The van der Waals surface area contributed by atoms with Gasteiger partial charge in [-0.05, 0) is 6.42 Å². The first kappa shape index (κ1) is 20.2. The molecule has 0 radical (unpaired) electrons. The van der Waals surface area contributed by atoms with Gasteiger partial charge >= 0.3 is 11.9 Å². The largest absolute Gasteiger partial charge is 0.480 e. The number of carbonyl (C=O) groups excluding carboxylic acids is 3. The fourth-order valence-corrected chi connectivity index (χ4v) is 1.23. The van der Waals surface area contributed by atoms with Gasteiger partial charge in [0.05, 0.1) is 6.04 Å². The average molecular weight is 335 g/mol. The van der Waals surface area contributed by atoms with Gasteiger partial charge in [-0.25, -0.2) is 0 Å². The van der Waals surface area contributed by atoms with Gasteiger partial charge in [0.25, 0.3) is 11.0 Å². The van der Waals surface area contributed by atoms with E-state index in [0.717, 1.165) is 6.92 Å². The molecule has 1 amide bonds. The van der Waals surface area contributed by atoms with Crippen molar-refractivity contribution in [1.82, 2.24) is 5.32 Å². The van der Waals surface area contributed by atoms with Crippen molar-refractivity contribution in [2.24, 2.45) is 5.73 Å². The molecule has 4 N–H and O–H groups in total. The minimum atomic E-state index is -1.27. The second kappa shape index (κ2) is 10.0. The molecule has 0 aliphatic heterocycles. The maximum absolute atomic E-state index is 11.4. The maximum atomic E-state index is 11.4. The summed E-state index contributed by atoms with van der Waals surface area (Å²) in [6, 6.07) is -2.34. The van der Waals surface area contributed by atoms with E-state index in [0.29, 0.717) is 0 Å². The van der Waals surface area contributed by atoms with Crippen molar-refractivity contribution in [1.29, 1.82) is 0 Å². The lowest BCUT2D eigenvalue weighted by atomic mass is 10.2. The van der Waals surface area contributed by atoms with Crippen LogP contribution in [0.3, 0.4) is 0 Å². The second-order valence-electron chi connectivity index (χ2n) is 4.41. The molecule has 0 bridgehead atoms. The SMILES string of the molecule is CC(=O)C(=O)NC(COC(=O)CC[C@H](N)C(=O)O)CO[N+](=O)[O-]. The predicted octanol–water partition coefficient (Wildman–Crippen LogP) is -2.00. The van der Waals surface area contributed by atoms with Crippen molar-refractivity contribution in [3.05, 3.63) is 10.1 Å². The number of aliphatic carboxylic acids is 1. The molecule has 130 valence electrons. The maximum Gasteiger partial charge on any atom is 0.320 e. The summed E-state index contributed by atoms with van der Waals surface area (Å²) in [5, 5.41) is 19.7. The van der Waals surface area contributed by atoms with Crippen LogP contribution in [-0.4, -0.2) is 59.1 Å². The van der Waals surface area contributed by atoms with Crippen molar-refractivity contribution >= 4 is 23.6 Å². The van der Waals surface area contributed by atoms with E-state index >= 15 is 0 Å². The number of rotatable bonds is 11. The van der Waals surface area contributed by atoms with Gasteiger partial charge < -0.3 is 25.7 Å². The molecular formula is C11H17N3O9. The quantitative estimate of drug-likeness (QED) is 0.165. The molecule has 12 nitrogen and oxygen atoms in total. The van der Waals surface area contributed by atoms with Gasteiger partial charge in [0, 0.05) is 13.3 Å². The van der Waals surface area contributed by atoms with Crippen molar-refractivity contribution in [2.75, 3.05) is 13.2 Å². The predicted molar refractivity (Wildman–Crippen MR) is 71.4 cm³/mol. The lowest BCUT2D eigenvalue weighted by Gasteiger charge is -2.17. The van der Waals surface area contributed by atoms with Crippen LogP contribution in [-0.2, 0) is 28.8 Å². The van der Waals surface area contributed by atoms with E-state index in [1.165, 1.54) is 0 Å². The normalized spacial score (nSPS) is 12.6. The number of hydrogen-bond donors (Lipinski definition) is 3. The smallest absolute Gasteiger partial charge is 0.320 e. The summed E-state index contributed by atoms with van der Waals surface area (Å²) in [4.78, 5) is 58.1. The first-order chi connectivity index (χ1) is 10.6. The van der Waals surface area contributed by atoms with Gasteiger partial charge in [0.2, 0.25) is 5.78 Å². The molecule has 2 atom stereocenters. The Morgan fingerprint density at radius 1 is 1.30 bits per heavy atom. The summed E-state index contributed by atoms with van der Waals surface area (Å²) >= 11 is 0. The van der Waals surface area contributed by atoms with E-state index in [1.807, 2.05) is 0 Å². The third kappa shape index (κ3) is 9.73. The van der Waals surface area contributed by atoms with Crippen LogP contribution < -0.4 is 11.1 Å². The zero-order valence-electron chi connectivity index (χ0n) is 12.2.